The van der Waals surface area contributed by atoms with Crippen molar-refractivity contribution in [3.8, 4) is 6.07 Å². The first-order valence-electron chi connectivity index (χ1n) is 4.97. The smallest absolute Gasteiger partial charge is 0.129 e. The minimum atomic E-state index is -0.410. The molecule has 1 rings (SSSR count). The predicted octanol–water partition coefficient (Wildman–Crippen LogP) is 1.40. The van der Waals surface area contributed by atoms with Gasteiger partial charge in [0.05, 0.1) is 12.7 Å². The number of rotatable bonds is 4. The van der Waals surface area contributed by atoms with Gasteiger partial charge in [-0.2, -0.15) is 5.26 Å². The monoisotopic (exact) mass is 182 g/mol. The van der Waals surface area contributed by atoms with E-state index in [9.17, 15) is 0 Å². The maximum atomic E-state index is 9.10. The molecule has 1 saturated heterocycles. The summed E-state index contributed by atoms with van der Waals surface area (Å²) in [6.07, 6.45) is 2.42. The van der Waals surface area contributed by atoms with Gasteiger partial charge in [-0.05, 0) is 39.8 Å². The molecule has 0 N–H and O–H groups in total. The van der Waals surface area contributed by atoms with E-state index in [4.69, 9.17) is 10.00 Å². The molecule has 3 heteroatoms. The molecule has 0 spiro atoms. The lowest BCUT2D eigenvalue weighted by Crippen LogP contribution is -2.47. The molecule has 0 radical (unpaired) electrons. The van der Waals surface area contributed by atoms with Crippen molar-refractivity contribution in [1.29, 1.82) is 5.26 Å². The highest BCUT2D eigenvalue weighted by Crippen LogP contribution is 2.20. The van der Waals surface area contributed by atoms with Crippen molar-refractivity contribution < 1.29 is 4.74 Å². The molecule has 1 aliphatic heterocycles. The van der Waals surface area contributed by atoms with Crippen molar-refractivity contribution in [2.24, 2.45) is 0 Å². The number of hydrogen-bond acceptors (Lipinski definition) is 3. The standard InChI is InChI=1S/C10H18N2O/c1-3-13-9-10(2,8-11)12-6-4-5-7-12/h3-7,9H2,1-2H3. The van der Waals surface area contributed by atoms with Gasteiger partial charge in [0, 0.05) is 6.61 Å². The lowest BCUT2D eigenvalue weighted by atomic mass is 10.0. The SMILES string of the molecule is CCOCC(C)(C#N)N1CCCC1. The van der Waals surface area contributed by atoms with E-state index in [0.717, 1.165) is 13.1 Å². The maximum Gasteiger partial charge on any atom is 0.129 e. The van der Waals surface area contributed by atoms with Gasteiger partial charge in [0.1, 0.15) is 5.54 Å². The average molecular weight is 182 g/mol. The van der Waals surface area contributed by atoms with E-state index >= 15 is 0 Å². The van der Waals surface area contributed by atoms with E-state index in [1.807, 2.05) is 13.8 Å². The first kappa shape index (κ1) is 10.5. The van der Waals surface area contributed by atoms with Crippen molar-refractivity contribution in [3.63, 3.8) is 0 Å². The summed E-state index contributed by atoms with van der Waals surface area (Å²) in [7, 11) is 0. The van der Waals surface area contributed by atoms with Crippen LogP contribution in [-0.4, -0.2) is 36.7 Å². The van der Waals surface area contributed by atoms with E-state index < -0.39 is 5.54 Å². The van der Waals surface area contributed by atoms with Gasteiger partial charge in [-0.25, -0.2) is 0 Å². The van der Waals surface area contributed by atoms with Crippen molar-refractivity contribution in [2.75, 3.05) is 26.3 Å². The second-order valence-electron chi connectivity index (χ2n) is 3.72. The van der Waals surface area contributed by atoms with Crippen molar-refractivity contribution in [1.82, 2.24) is 4.90 Å². The van der Waals surface area contributed by atoms with Crippen LogP contribution in [0.5, 0.6) is 0 Å². The van der Waals surface area contributed by atoms with Crippen LogP contribution in [0.25, 0.3) is 0 Å². The van der Waals surface area contributed by atoms with Crippen LogP contribution in [0.2, 0.25) is 0 Å². The zero-order valence-corrected chi connectivity index (χ0v) is 8.55. The molecule has 0 aliphatic carbocycles. The second kappa shape index (κ2) is 4.59. The molecular formula is C10H18N2O. The van der Waals surface area contributed by atoms with Gasteiger partial charge in [0.25, 0.3) is 0 Å². The molecule has 1 atom stereocenters. The zero-order chi connectivity index (χ0) is 9.73. The fourth-order valence-corrected chi connectivity index (χ4v) is 1.71. The van der Waals surface area contributed by atoms with Crippen LogP contribution in [0, 0.1) is 11.3 Å². The van der Waals surface area contributed by atoms with Crippen LogP contribution < -0.4 is 0 Å². The third kappa shape index (κ3) is 2.43. The molecule has 0 aromatic carbocycles. The summed E-state index contributed by atoms with van der Waals surface area (Å²) in [6.45, 7) is 7.22. The summed E-state index contributed by atoms with van der Waals surface area (Å²) >= 11 is 0. The Hall–Kier alpha value is -0.590. The van der Waals surface area contributed by atoms with Crippen LogP contribution in [0.1, 0.15) is 26.7 Å². The van der Waals surface area contributed by atoms with Gasteiger partial charge in [0.15, 0.2) is 0 Å². The van der Waals surface area contributed by atoms with Gasteiger partial charge in [-0.3, -0.25) is 4.90 Å². The molecule has 0 amide bonds. The Morgan fingerprint density at radius 1 is 1.46 bits per heavy atom. The zero-order valence-electron chi connectivity index (χ0n) is 8.55. The van der Waals surface area contributed by atoms with Crippen LogP contribution in [-0.2, 0) is 4.74 Å². The molecule has 1 aliphatic rings. The molecule has 0 aromatic heterocycles. The molecule has 1 unspecified atom stereocenters. The molecule has 1 fully saturated rings. The number of ether oxygens (including phenoxy) is 1. The molecule has 1 heterocycles. The molecule has 0 aromatic rings. The summed E-state index contributed by atoms with van der Waals surface area (Å²) in [5, 5.41) is 9.10. The lowest BCUT2D eigenvalue weighted by molar-refractivity contribution is 0.0495. The largest absolute Gasteiger partial charge is 0.379 e. The Balaban J connectivity index is 2.52. The lowest BCUT2D eigenvalue weighted by Gasteiger charge is -2.31. The average Bonchev–Trinajstić information content (AvgIpc) is 2.67. The van der Waals surface area contributed by atoms with Gasteiger partial charge in [-0.15, -0.1) is 0 Å². The summed E-state index contributed by atoms with van der Waals surface area (Å²) in [5.74, 6) is 0. The number of likely N-dealkylation sites (tertiary alicyclic amines) is 1. The van der Waals surface area contributed by atoms with Crippen LogP contribution >= 0.6 is 0 Å². The Bertz CT molecular complexity index is 194. The molecule has 3 nitrogen and oxygen atoms in total. The summed E-state index contributed by atoms with van der Waals surface area (Å²) in [6, 6.07) is 2.36. The normalized spacial score (nSPS) is 22.5. The van der Waals surface area contributed by atoms with Crippen molar-refractivity contribution in [2.45, 2.75) is 32.2 Å². The summed E-state index contributed by atoms with van der Waals surface area (Å²) in [4.78, 5) is 2.22. The summed E-state index contributed by atoms with van der Waals surface area (Å²) in [5.41, 5.74) is -0.410. The first-order chi connectivity index (χ1) is 6.23. The topological polar surface area (TPSA) is 36.3 Å². The Labute approximate surface area is 80.3 Å². The second-order valence-corrected chi connectivity index (χ2v) is 3.72. The fraction of sp³-hybridized carbons (Fsp3) is 0.900. The quantitative estimate of drug-likeness (QED) is 0.659. The highest BCUT2D eigenvalue weighted by atomic mass is 16.5. The molecule has 13 heavy (non-hydrogen) atoms. The Morgan fingerprint density at radius 3 is 2.54 bits per heavy atom. The molecule has 0 bridgehead atoms. The third-order valence-corrected chi connectivity index (χ3v) is 2.63. The maximum absolute atomic E-state index is 9.10. The van der Waals surface area contributed by atoms with Crippen LogP contribution in [0.4, 0.5) is 0 Å². The van der Waals surface area contributed by atoms with E-state index in [1.165, 1.54) is 12.8 Å². The minimum Gasteiger partial charge on any atom is -0.379 e. The van der Waals surface area contributed by atoms with Crippen molar-refractivity contribution >= 4 is 0 Å². The minimum absolute atomic E-state index is 0.410. The van der Waals surface area contributed by atoms with Crippen LogP contribution in [0.3, 0.4) is 0 Å². The predicted molar refractivity (Wildman–Crippen MR) is 51.3 cm³/mol. The third-order valence-electron chi connectivity index (χ3n) is 2.63. The highest BCUT2D eigenvalue weighted by molar-refractivity contribution is 5.06. The highest BCUT2D eigenvalue weighted by Gasteiger charge is 2.33. The summed E-state index contributed by atoms with van der Waals surface area (Å²) < 4.78 is 5.34. The van der Waals surface area contributed by atoms with Crippen LogP contribution in [0.15, 0.2) is 0 Å². The van der Waals surface area contributed by atoms with Gasteiger partial charge in [0.2, 0.25) is 0 Å². The molecule has 0 saturated carbocycles. The molecular weight excluding hydrogens is 164 g/mol. The Morgan fingerprint density at radius 2 is 2.08 bits per heavy atom. The van der Waals surface area contributed by atoms with Gasteiger partial charge < -0.3 is 4.74 Å². The van der Waals surface area contributed by atoms with E-state index in [1.54, 1.807) is 0 Å². The van der Waals surface area contributed by atoms with Gasteiger partial charge >= 0.3 is 0 Å². The van der Waals surface area contributed by atoms with Gasteiger partial charge in [-0.1, -0.05) is 0 Å². The van der Waals surface area contributed by atoms with E-state index in [0.29, 0.717) is 13.2 Å². The van der Waals surface area contributed by atoms with Crippen molar-refractivity contribution in [3.05, 3.63) is 0 Å². The fourth-order valence-electron chi connectivity index (χ4n) is 1.71. The first-order valence-corrected chi connectivity index (χ1v) is 4.97. The molecule has 74 valence electrons. The Kier molecular flexibility index (Phi) is 3.71. The number of hydrogen-bond donors (Lipinski definition) is 0. The number of nitrogens with zero attached hydrogens (tertiary/aromatic N) is 2. The van der Waals surface area contributed by atoms with E-state index in [2.05, 4.69) is 11.0 Å². The number of nitriles is 1. The van der Waals surface area contributed by atoms with E-state index in [-0.39, 0.29) is 0 Å².